The first-order chi connectivity index (χ1) is 3.83. The van der Waals surface area contributed by atoms with Gasteiger partial charge in [0.25, 0.3) is 0 Å². The summed E-state index contributed by atoms with van der Waals surface area (Å²) in [4.78, 5) is 9.22. The van der Waals surface area contributed by atoms with Crippen molar-refractivity contribution in [2.24, 2.45) is 5.73 Å². The van der Waals surface area contributed by atoms with Gasteiger partial charge in [0.05, 0.1) is 0 Å². The molecule has 46 valence electrons. The van der Waals surface area contributed by atoms with Crippen molar-refractivity contribution < 1.29 is 4.79 Å². The first-order valence-electron chi connectivity index (χ1n) is 1.96. The molecule has 0 unspecified atom stereocenters. The Morgan fingerprint density at radius 3 is 1.88 bits per heavy atom. The number of amides is 1. The van der Waals surface area contributed by atoms with Gasteiger partial charge in [0.15, 0.2) is 0 Å². The average molecular weight is 114 g/mol. The molecule has 0 atom stereocenters. The van der Waals surface area contributed by atoms with Crippen molar-refractivity contribution in [2.45, 2.75) is 0 Å². The Kier molecular flexibility index (Phi) is 21.2. The first-order valence-corrected chi connectivity index (χ1v) is 1.96. The van der Waals surface area contributed by atoms with Gasteiger partial charge in [-0.25, -0.2) is 0 Å². The molecule has 1 amide bonds. The number of hydrogen-bond acceptors (Lipinski definition) is 2. The summed E-state index contributed by atoms with van der Waals surface area (Å²) in [5.74, 6) is 0. The van der Waals surface area contributed by atoms with Crippen LogP contribution in [0.2, 0.25) is 0 Å². The SMILES string of the molecule is C=CN.C=CNC=O. The number of nitrogens with two attached hydrogens (primary N) is 1. The molecular formula is C5H10N2O. The third kappa shape index (κ3) is 119. The summed E-state index contributed by atoms with van der Waals surface area (Å²) >= 11 is 0. The summed E-state index contributed by atoms with van der Waals surface area (Å²) in [6.45, 7) is 6.35. The zero-order valence-electron chi connectivity index (χ0n) is 4.63. The highest BCUT2D eigenvalue weighted by Gasteiger charge is 1.50. The molecule has 0 saturated carbocycles. The van der Waals surface area contributed by atoms with E-state index in [4.69, 9.17) is 0 Å². The van der Waals surface area contributed by atoms with Crippen LogP contribution >= 0.6 is 0 Å². The summed E-state index contributed by atoms with van der Waals surface area (Å²) in [7, 11) is 0. The lowest BCUT2D eigenvalue weighted by molar-refractivity contribution is -0.108. The summed E-state index contributed by atoms with van der Waals surface area (Å²) in [6.07, 6.45) is 3.12. The van der Waals surface area contributed by atoms with Crippen LogP contribution in [0.1, 0.15) is 0 Å². The minimum absolute atomic E-state index is 0.562. The van der Waals surface area contributed by atoms with E-state index in [0.29, 0.717) is 6.41 Å². The quantitative estimate of drug-likeness (QED) is 0.495. The van der Waals surface area contributed by atoms with Crippen molar-refractivity contribution in [2.75, 3.05) is 0 Å². The fourth-order valence-corrected chi connectivity index (χ4v) is 0.0481. The average Bonchev–Trinajstić information content (AvgIpc) is 1.71. The highest BCUT2D eigenvalue weighted by Crippen LogP contribution is 1.35. The second-order valence-corrected chi connectivity index (χ2v) is 0.724. The van der Waals surface area contributed by atoms with Crippen molar-refractivity contribution in [1.82, 2.24) is 5.32 Å². The van der Waals surface area contributed by atoms with Crippen LogP contribution in [0, 0.1) is 0 Å². The predicted octanol–water partition coefficient (Wildman–Crippen LogP) is -0.0355. The van der Waals surface area contributed by atoms with Crippen LogP contribution < -0.4 is 11.1 Å². The minimum atomic E-state index is 0.562. The van der Waals surface area contributed by atoms with Crippen molar-refractivity contribution >= 4 is 6.41 Å². The van der Waals surface area contributed by atoms with Gasteiger partial charge in [0.2, 0.25) is 6.41 Å². The molecule has 0 aliphatic carbocycles. The Morgan fingerprint density at radius 2 is 1.88 bits per heavy atom. The van der Waals surface area contributed by atoms with Gasteiger partial charge in [-0.2, -0.15) is 0 Å². The molecule has 0 saturated heterocycles. The zero-order valence-corrected chi connectivity index (χ0v) is 4.63. The van der Waals surface area contributed by atoms with E-state index in [1.54, 1.807) is 0 Å². The van der Waals surface area contributed by atoms with Crippen molar-refractivity contribution in [1.29, 1.82) is 0 Å². The molecule has 0 bridgehead atoms. The Hall–Kier alpha value is -1.25. The molecule has 0 spiro atoms. The maximum Gasteiger partial charge on any atom is 0.211 e. The Morgan fingerprint density at radius 1 is 1.50 bits per heavy atom. The second kappa shape index (κ2) is 17.2. The number of nitrogens with one attached hydrogen (secondary N) is 1. The van der Waals surface area contributed by atoms with Gasteiger partial charge in [0, 0.05) is 0 Å². The smallest absolute Gasteiger partial charge is 0.211 e. The molecule has 0 aromatic heterocycles. The molecule has 8 heavy (non-hydrogen) atoms. The molecular weight excluding hydrogens is 104 g/mol. The lowest BCUT2D eigenvalue weighted by atomic mass is 11.0. The van der Waals surface area contributed by atoms with E-state index in [2.05, 4.69) is 24.2 Å². The van der Waals surface area contributed by atoms with Crippen LogP contribution in [0.3, 0.4) is 0 Å². The van der Waals surface area contributed by atoms with Gasteiger partial charge in [0.1, 0.15) is 0 Å². The highest BCUT2D eigenvalue weighted by atomic mass is 16.1. The monoisotopic (exact) mass is 114 g/mol. The van der Waals surface area contributed by atoms with Crippen LogP contribution in [0.15, 0.2) is 25.6 Å². The topological polar surface area (TPSA) is 55.1 Å². The van der Waals surface area contributed by atoms with Crippen molar-refractivity contribution in [3.63, 3.8) is 0 Å². The van der Waals surface area contributed by atoms with Gasteiger partial charge in [-0.05, 0) is 12.4 Å². The van der Waals surface area contributed by atoms with E-state index in [1.807, 2.05) is 0 Å². The maximum absolute atomic E-state index is 9.22. The van der Waals surface area contributed by atoms with Gasteiger partial charge >= 0.3 is 0 Å². The number of carbonyl (C=O) groups is 1. The van der Waals surface area contributed by atoms with Crippen molar-refractivity contribution in [3.05, 3.63) is 25.6 Å². The van der Waals surface area contributed by atoms with Gasteiger partial charge < -0.3 is 11.1 Å². The molecule has 3 heteroatoms. The van der Waals surface area contributed by atoms with Crippen molar-refractivity contribution in [3.8, 4) is 0 Å². The number of hydrogen-bond donors (Lipinski definition) is 2. The summed E-state index contributed by atoms with van der Waals surface area (Å²) < 4.78 is 0. The number of carbonyl (C=O) groups excluding carboxylic acids is 1. The summed E-state index contributed by atoms with van der Waals surface area (Å²) in [5.41, 5.74) is 4.61. The second-order valence-electron chi connectivity index (χ2n) is 0.724. The molecule has 0 aromatic rings. The van der Waals surface area contributed by atoms with E-state index in [0.717, 1.165) is 0 Å². The minimum Gasteiger partial charge on any atom is -0.405 e. The predicted molar refractivity (Wildman–Crippen MR) is 33.8 cm³/mol. The molecule has 0 heterocycles. The highest BCUT2D eigenvalue weighted by molar-refractivity contribution is 5.47. The molecule has 0 fully saturated rings. The first kappa shape index (κ1) is 9.89. The van der Waals surface area contributed by atoms with Crippen LogP contribution in [-0.2, 0) is 4.79 Å². The zero-order chi connectivity index (χ0) is 6.83. The van der Waals surface area contributed by atoms with E-state index in [1.165, 1.54) is 12.4 Å². The van der Waals surface area contributed by atoms with E-state index in [-0.39, 0.29) is 0 Å². The van der Waals surface area contributed by atoms with Crippen LogP contribution in [0.5, 0.6) is 0 Å². The maximum atomic E-state index is 9.22. The fraction of sp³-hybridized carbons (Fsp3) is 0. The van der Waals surface area contributed by atoms with Crippen LogP contribution in [0.25, 0.3) is 0 Å². The largest absolute Gasteiger partial charge is 0.405 e. The molecule has 0 aromatic carbocycles. The molecule has 0 radical (unpaired) electrons. The molecule has 0 aliphatic rings. The van der Waals surface area contributed by atoms with Gasteiger partial charge in [-0.15, -0.1) is 0 Å². The van der Waals surface area contributed by atoms with Crippen LogP contribution in [0.4, 0.5) is 0 Å². The molecule has 3 nitrogen and oxygen atoms in total. The Labute approximate surface area is 48.9 Å². The lowest BCUT2D eigenvalue weighted by Crippen LogP contribution is -1.96. The van der Waals surface area contributed by atoms with Gasteiger partial charge in [-0.1, -0.05) is 13.2 Å². The van der Waals surface area contributed by atoms with E-state index < -0.39 is 0 Å². The molecule has 0 aliphatic heterocycles. The summed E-state index contributed by atoms with van der Waals surface area (Å²) in [5, 5.41) is 2.19. The molecule has 0 rings (SSSR count). The normalized spacial score (nSPS) is 5.00. The third-order valence-electron chi connectivity index (χ3n) is 0.186. The standard InChI is InChI=1S/C3H5NO.C2H5N/c1-2-4-3-5;1-2-3/h2-3H,1H2,(H,4,5);2H,1,3H2. The Bertz CT molecular complexity index is 64.8. The van der Waals surface area contributed by atoms with E-state index >= 15 is 0 Å². The fourth-order valence-electron chi connectivity index (χ4n) is 0.0481. The molecule has 3 N–H and O–H groups in total. The van der Waals surface area contributed by atoms with Crippen LogP contribution in [-0.4, -0.2) is 6.41 Å². The summed E-state index contributed by atoms with van der Waals surface area (Å²) in [6, 6.07) is 0. The Balaban J connectivity index is 0. The van der Waals surface area contributed by atoms with Gasteiger partial charge in [-0.3, -0.25) is 4.79 Å². The van der Waals surface area contributed by atoms with E-state index in [9.17, 15) is 4.79 Å². The third-order valence-corrected chi connectivity index (χ3v) is 0.186. The lowest BCUT2D eigenvalue weighted by Gasteiger charge is -1.70. The number of rotatable bonds is 2.